The first-order chi connectivity index (χ1) is 15.2. The minimum atomic E-state index is 0.637. The molecule has 1 atom stereocenters. The number of nitrogens with one attached hydrogen (secondary N) is 1. The van der Waals surface area contributed by atoms with Crippen LogP contribution in [0.25, 0.3) is 0 Å². The van der Waals surface area contributed by atoms with E-state index >= 15 is 0 Å². The van der Waals surface area contributed by atoms with E-state index in [0.717, 1.165) is 88.7 Å². The third-order valence-electron chi connectivity index (χ3n) is 5.95. The molecule has 0 radical (unpaired) electrons. The summed E-state index contributed by atoms with van der Waals surface area (Å²) in [5.41, 5.74) is 1.26. The zero-order valence-electron chi connectivity index (χ0n) is 19.6. The third-order valence-corrected chi connectivity index (χ3v) is 5.95. The van der Waals surface area contributed by atoms with Crippen LogP contribution < -0.4 is 14.8 Å². The topological polar surface area (TPSA) is 58.6 Å². The fraction of sp³-hybridized carbons (Fsp3) is 0.708. The monoisotopic (exact) mass is 432 g/mol. The largest absolute Gasteiger partial charge is 0.493 e. The van der Waals surface area contributed by atoms with E-state index in [2.05, 4.69) is 34.2 Å². The van der Waals surface area contributed by atoms with Crippen LogP contribution in [0.4, 0.5) is 0 Å². The lowest BCUT2D eigenvalue weighted by molar-refractivity contribution is 0.0315. The maximum absolute atomic E-state index is 5.70. The van der Waals surface area contributed by atoms with Gasteiger partial charge in [-0.1, -0.05) is 6.07 Å². The van der Waals surface area contributed by atoms with Gasteiger partial charge in [0.15, 0.2) is 17.5 Å². The highest BCUT2D eigenvalue weighted by molar-refractivity contribution is 5.80. The molecule has 0 aromatic heterocycles. The van der Waals surface area contributed by atoms with Crippen molar-refractivity contribution in [2.45, 2.75) is 33.1 Å². The lowest BCUT2D eigenvalue weighted by atomic mass is 10.1. The van der Waals surface area contributed by atoms with Crippen molar-refractivity contribution in [2.75, 3.05) is 72.7 Å². The van der Waals surface area contributed by atoms with Gasteiger partial charge in [0.1, 0.15) is 0 Å². The molecule has 1 aromatic rings. The number of aryl methyl sites for hydroxylation is 1. The second kappa shape index (κ2) is 12.8. The van der Waals surface area contributed by atoms with Crippen LogP contribution in [0.3, 0.4) is 0 Å². The Morgan fingerprint density at radius 1 is 1.19 bits per heavy atom. The molecular formula is C24H40N4O3. The summed E-state index contributed by atoms with van der Waals surface area (Å²) in [6, 6.07) is 6.20. The number of rotatable bonds is 10. The van der Waals surface area contributed by atoms with Crippen LogP contribution in [0, 0.1) is 5.92 Å². The summed E-state index contributed by atoms with van der Waals surface area (Å²) >= 11 is 0. The van der Waals surface area contributed by atoms with E-state index in [1.165, 1.54) is 18.5 Å². The molecule has 2 aliphatic rings. The van der Waals surface area contributed by atoms with Gasteiger partial charge in [0.05, 0.1) is 26.9 Å². The molecule has 174 valence electrons. The molecule has 7 nitrogen and oxygen atoms in total. The van der Waals surface area contributed by atoms with Gasteiger partial charge in [0.25, 0.3) is 0 Å². The Bertz CT molecular complexity index is 691. The SMILES string of the molecule is CCNC(=NCCCc1ccc(OC)c(OCC)c1)N1CCC(CN2CCOCC2)C1. The summed E-state index contributed by atoms with van der Waals surface area (Å²) < 4.78 is 16.6. The van der Waals surface area contributed by atoms with Crippen LogP contribution >= 0.6 is 0 Å². The van der Waals surface area contributed by atoms with Gasteiger partial charge in [-0.2, -0.15) is 0 Å². The fourth-order valence-corrected chi connectivity index (χ4v) is 4.36. The molecule has 3 rings (SSSR count). The third kappa shape index (κ3) is 7.28. The molecule has 31 heavy (non-hydrogen) atoms. The molecule has 0 amide bonds. The lowest BCUT2D eigenvalue weighted by Crippen LogP contribution is -2.42. The quantitative estimate of drug-likeness (QED) is 0.349. The molecule has 7 heteroatoms. The summed E-state index contributed by atoms with van der Waals surface area (Å²) in [6.45, 7) is 13.8. The van der Waals surface area contributed by atoms with Gasteiger partial charge in [-0.15, -0.1) is 0 Å². The fourth-order valence-electron chi connectivity index (χ4n) is 4.36. The van der Waals surface area contributed by atoms with Crippen molar-refractivity contribution in [2.24, 2.45) is 10.9 Å². The first-order valence-electron chi connectivity index (χ1n) is 11.9. The van der Waals surface area contributed by atoms with Gasteiger partial charge in [-0.25, -0.2) is 0 Å². The van der Waals surface area contributed by atoms with Crippen LogP contribution in [-0.2, 0) is 11.2 Å². The van der Waals surface area contributed by atoms with Crippen molar-refractivity contribution in [3.63, 3.8) is 0 Å². The molecule has 1 N–H and O–H groups in total. The van der Waals surface area contributed by atoms with Gasteiger partial charge < -0.3 is 24.4 Å². The number of guanidine groups is 1. The molecule has 2 heterocycles. The molecule has 2 aliphatic heterocycles. The predicted molar refractivity (Wildman–Crippen MR) is 125 cm³/mol. The predicted octanol–water partition coefficient (Wildman–Crippen LogP) is 2.65. The standard InChI is InChI=1S/C24H40N4O3/c1-4-25-24(28-12-10-21(19-28)18-27-13-15-30-16-14-27)26-11-6-7-20-8-9-22(29-3)23(17-20)31-5-2/h8-9,17,21H,4-7,10-16,18-19H2,1-3H3,(H,25,26). The maximum Gasteiger partial charge on any atom is 0.193 e. The highest BCUT2D eigenvalue weighted by Gasteiger charge is 2.27. The van der Waals surface area contributed by atoms with E-state index in [1.807, 2.05) is 13.0 Å². The van der Waals surface area contributed by atoms with Crippen molar-refractivity contribution in [3.8, 4) is 11.5 Å². The second-order valence-electron chi connectivity index (χ2n) is 8.27. The van der Waals surface area contributed by atoms with E-state index in [-0.39, 0.29) is 0 Å². The second-order valence-corrected chi connectivity index (χ2v) is 8.27. The molecule has 2 fully saturated rings. The van der Waals surface area contributed by atoms with Crippen molar-refractivity contribution in [1.29, 1.82) is 0 Å². The van der Waals surface area contributed by atoms with Crippen molar-refractivity contribution >= 4 is 5.96 Å². The average Bonchev–Trinajstić information content (AvgIpc) is 3.25. The minimum absolute atomic E-state index is 0.637. The van der Waals surface area contributed by atoms with Crippen molar-refractivity contribution in [1.82, 2.24) is 15.1 Å². The Hall–Kier alpha value is -1.99. The Labute approximate surface area is 187 Å². The summed E-state index contributed by atoms with van der Waals surface area (Å²) in [6.07, 6.45) is 3.23. The smallest absolute Gasteiger partial charge is 0.193 e. The van der Waals surface area contributed by atoms with Gasteiger partial charge in [-0.3, -0.25) is 9.89 Å². The number of hydrogen-bond acceptors (Lipinski definition) is 5. The molecule has 2 saturated heterocycles. The molecule has 0 aliphatic carbocycles. The number of morpholine rings is 1. The Kier molecular flexibility index (Phi) is 9.75. The zero-order chi connectivity index (χ0) is 21.9. The molecule has 1 unspecified atom stereocenters. The van der Waals surface area contributed by atoms with E-state index in [9.17, 15) is 0 Å². The van der Waals surface area contributed by atoms with Crippen LogP contribution in [0.2, 0.25) is 0 Å². The zero-order valence-corrected chi connectivity index (χ0v) is 19.6. The first kappa shape index (κ1) is 23.7. The number of benzene rings is 1. The number of likely N-dealkylation sites (tertiary alicyclic amines) is 1. The van der Waals surface area contributed by atoms with Gasteiger partial charge in [-0.05, 0) is 56.7 Å². The molecule has 0 bridgehead atoms. The van der Waals surface area contributed by atoms with Crippen molar-refractivity contribution in [3.05, 3.63) is 23.8 Å². The molecular weight excluding hydrogens is 392 g/mol. The minimum Gasteiger partial charge on any atom is -0.493 e. The van der Waals surface area contributed by atoms with E-state index in [1.54, 1.807) is 7.11 Å². The first-order valence-corrected chi connectivity index (χ1v) is 11.9. The number of ether oxygens (including phenoxy) is 3. The average molecular weight is 433 g/mol. The van der Waals surface area contributed by atoms with Crippen molar-refractivity contribution < 1.29 is 14.2 Å². The van der Waals surface area contributed by atoms with E-state index < -0.39 is 0 Å². The summed E-state index contributed by atoms with van der Waals surface area (Å²) in [5.74, 6) is 3.40. The van der Waals surface area contributed by atoms with Crippen LogP contribution in [0.15, 0.2) is 23.2 Å². The van der Waals surface area contributed by atoms with Gasteiger partial charge in [0, 0.05) is 45.8 Å². The number of aliphatic imine (C=N–C) groups is 1. The van der Waals surface area contributed by atoms with Crippen LogP contribution in [-0.4, -0.2) is 88.5 Å². The highest BCUT2D eigenvalue weighted by atomic mass is 16.5. The normalized spacial score (nSPS) is 20.2. The molecule has 0 spiro atoms. The van der Waals surface area contributed by atoms with E-state index in [0.29, 0.717) is 6.61 Å². The Morgan fingerprint density at radius 2 is 2.03 bits per heavy atom. The summed E-state index contributed by atoms with van der Waals surface area (Å²) in [7, 11) is 1.68. The number of hydrogen-bond donors (Lipinski definition) is 1. The number of nitrogens with zero attached hydrogens (tertiary/aromatic N) is 3. The Morgan fingerprint density at radius 3 is 2.77 bits per heavy atom. The van der Waals surface area contributed by atoms with Gasteiger partial charge >= 0.3 is 0 Å². The highest BCUT2D eigenvalue weighted by Crippen LogP contribution is 2.28. The maximum atomic E-state index is 5.70. The summed E-state index contributed by atoms with van der Waals surface area (Å²) in [5, 5.41) is 3.49. The summed E-state index contributed by atoms with van der Waals surface area (Å²) in [4.78, 5) is 9.91. The molecule has 0 saturated carbocycles. The Balaban J connectivity index is 1.48. The van der Waals surface area contributed by atoms with Gasteiger partial charge in [0.2, 0.25) is 0 Å². The van der Waals surface area contributed by atoms with Crippen LogP contribution in [0.1, 0.15) is 32.3 Å². The number of methoxy groups -OCH3 is 1. The molecule has 1 aromatic carbocycles. The van der Waals surface area contributed by atoms with E-state index in [4.69, 9.17) is 19.2 Å². The van der Waals surface area contributed by atoms with Crippen LogP contribution in [0.5, 0.6) is 11.5 Å². The lowest BCUT2D eigenvalue weighted by Gasteiger charge is -2.29.